The maximum Gasteiger partial charge on any atom is 0.320 e. The Morgan fingerprint density at radius 2 is 1.19 bits per heavy atom. The Labute approximate surface area is 161 Å². The number of carbonyl (C=O) groups is 1. The SMILES string of the molecule is O=C(N1CCN(Cc2ccccc2)CC1)N1CCN(c2ccccc2)CC1. The summed E-state index contributed by atoms with van der Waals surface area (Å²) in [5.74, 6) is 0. The van der Waals surface area contributed by atoms with Gasteiger partial charge in [0.25, 0.3) is 0 Å². The predicted molar refractivity (Wildman–Crippen MR) is 109 cm³/mol. The molecule has 0 saturated carbocycles. The first-order valence-corrected chi connectivity index (χ1v) is 9.90. The van der Waals surface area contributed by atoms with Gasteiger partial charge in [0.2, 0.25) is 0 Å². The van der Waals surface area contributed by atoms with E-state index < -0.39 is 0 Å². The number of piperazine rings is 2. The molecule has 0 radical (unpaired) electrons. The van der Waals surface area contributed by atoms with Gasteiger partial charge in [0, 0.05) is 64.6 Å². The summed E-state index contributed by atoms with van der Waals surface area (Å²) in [5.41, 5.74) is 2.59. The molecule has 0 unspecified atom stereocenters. The second kappa shape index (κ2) is 8.44. The Bertz CT molecular complexity index is 720. The molecule has 0 atom stereocenters. The van der Waals surface area contributed by atoms with Crippen molar-refractivity contribution >= 4 is 11.7 Å². The highest BCUT2D eigenvalue weighted by Gasteiger charge is 2.27. The molecule has 2 saturated heterocycles. The lowest BCUT2D eigenvalue weighted by Gasteiger charge is -2.41. The zero-order valence-electron chi connectivity index (χ0n) is 15.8. The average Bonchev–Trinajstić information content (AvgIpc) is 2.75. The molecule has 2 aliphatic rings. The van der Waals surface area contributed by atoms with Gasteiger partial charge in [0.05, 0.1) is 0 Å². The standard InChI is InChI=1S/C22H28N4O/c27-22(26-17-15-24(16-18-26)21-9-5-2-6-10-21)25-13-11-23(12-14-25)19-20-7-3-1-4-8-20/h1-10H,11-19H2. The van der Waals surface area contributed by atoms with E-state index in [0.29, 0.717) is 0 Å². The minimum Gasteiger partial charge on any atom is -0.368 e. The number of carbonyl (C=O) groups excluding carboxylic acids is 1. The fourth-order valence-corrected chi connectivity index (χ4v) is 3.93. The third-order valence-electron chi connectivity index (χ3n) is 5.56. The highest BCUT2D eigenvalue weighted by molar-refractivity contribution is 5.75. The number of hydrogen-bond acceptors (Lipinski definition) is 3. The monoisotopic (exact) mass is 364 g/mol. The Balaban J connectivity index is 1.24. The molecule has 0 spiro atoms. The first kappa shape index (κ1) is 17.9. The van der Waals surface area contributed by atoms with E-state index in [0.717, 1.165) is 58.9 Å². The molecule has 2 aromatic carbocycles. The molecule has 0 aromatic heterocycles. The molecule has 0 aliphatic carbocycles. The number of rotatable bonds is 3. The summed E-state index contributed by atoms with van der Waals surface area (Å²) in [6.07, 6.45) is 0. The molecule has 142 valence electrons. The molecular weight excluding hydrogens is 336 g/mol. The summed E-state index contributed by atoms with van der Waals surface area (Å²) in [6, 6.07) is 21.2. The van der Waals surface area contributed by atoms with Gasteiger partial charge in [0.15, 0.2) is 0 Å². The van der Waals surface area contributed by atoms with E-state index in [1.165, 1.54) is 11.3 Å². The van der Waals surface area contributed by atoms with Crippen LogP contribution in [0.25, 0.3) is 0 Å². The van der Waals surface area contributed by atoms with Crippen LogP contribution in [0.15, 0.2) is 60.7 Å². The van der Waals surface area contributed by atoms with Gasteiger partial charge in [0.1, 0.15) is 0 Å². The van der Waals surface area contributed by atoms with E-state index >= 15 is 0 Å². The summed E-state index contributed by atoms with van der Waals surface area (Å²) < 4.78 is 0. The van der Waals surface area contributed by atoms with Crippen molar-refractivity contribution < 1.29 is 4.79 Å². The zero-order valence-corrected chi connectivity index (χ0v) is 15.8. The number of nitrogens with zero attached hydrogens (tertiary/aromatic N) is 4. The summed E-state index contributed by atoms with van der Waals surface area (Å²) in [5, 5.41) is 0. The highest BCUT2D eigenvalue weighted by atomic mass is 16.2. The van der Waals surface area contributed by atoms with E-state index in [-0.39, 0.29) is 6.03 Å². The minimum absolute atomic E-state index is 0.210. The van der Waals surface area contributed by atoms with Crippen LogP contribution in [0.2, 0.25) is 0 Å². The first-order chi connectivity index (χ1) is 13.3. The predicted octanol–water partition coefficient (Wildman–Crippen LogP) is 2.75. The highest BCUT2D eigenvalue weighted by Crippen LogP contribution is 2.17. The van der Waals surface area contributed by atoms with Crippen molar-refractivity contribution in [1.82, 2.24) is 14.7 Å². The van der Waals surface area contributed by atoms with Crippen LogP contribution >= 0.6 is 0 Å². The summed E-state index contributed by atoms with van der Waals surface area (Å²) in [4.78, 5) is 21.7. The molecule has 0 bridgehead atoms. The largest absolute Gasteiger partial charge is 0.368 e. The molecule has 2 fully saturated rings. The van der Waals surface area contributed by atoms with Gasteiger partial charge in [-0.1, -0.05) is 48.5 Å². The van der Waals surface area contributed by atoms with E-state index in [9.17, 15) is 4.79 Å². The molecule has 5 nitrogen and oxygen atoms in total. The molecule has 5 heteroatoms. The van der Waals surface area contributed by atoms with Crippen LogP contribution in [-0.4, -0.2) is 73.1 Å². The third-order valence-corrected chi connectivity index (χ3v) is 5.56. The Morgan fingerprint density at radius 1 is 0.667 bits per heavy atom. The van der Waals surface area contributed by atoms with Crippen LogP contribution in [0.3, 0.4) is 0 Å². The van der Waals surface area contributed by atoms with Gasteiger partial charge in [-0.15, -0.1) is 0 Å². The van der Waals surface area contributed by atoms with Crippen LogP contribution in [-0.2, 0) is 6.54 Å². The fraction of sp³-hybridized carbons (Fsp3) is 0.409. The number of benzene rings is 2. The lowest BCUT2D eigenvalue weighted by Crippen LogP contribution is -2.56. The fourth-order valence-electron chi connectivity index (χ4n) is 3.93. The van der Waals surface area contributed by atoms with Gasteiger partial charge >= 0.3 is 6.03 Å². The molecule has 2 amide bonds. The number of urea groups is 1. The maximum absolute atomic E-state index is 12.9. The molecule has 27 heavy (non-hydrogen) atoms. The molecule has 4 rings (SSSR count). The van der Waals surface area contributed by atoms with Gasteiger partial charge < -0.3 is 14.7 Å². The van der Waals surface area contributed by atoms with Gasteiger partial charge in [-0.25, -0.2) is 4.79 Å². The van der Waals surface area contributed by atoms with Gasteiger partial charge in [-0.05, 0) is 17.7 Å². The van der Waals surface area contributed by atoms with Crippen LogP contribution < -0.4 is 4.90 Å². The molecule has 2 aliphatic heterocycles. The Morgan fingerprint density at radius 3 is 1.78 bits per heavy atom. The van der Waals surface area contributed by atoms with E-state index in [4.69, 9.17) is 0 Å². The summed E-state index contributed by atoms with van der Waals surface area (Å²) in [6.45, 7) is 7.94. The lowest BCUT2D eigenvalue weighted by molar-refractivity contribution is 0.108. The smallest absolute Gasteiger partial charge is 0.320 e. The lowest BCUT2D eigenvalue weighted by atomic mass is 10.2. The molecule has 0 N–H and O–H groups in total. The van der Waals surface area contributed by atoms with E-state index in [1.54, 1.807) is 0 Å². The Kier molecular flexibility index (Phi) is 5.58. The van der Waals surface area contributed by atoms with Crippen LogP contribution in [0.4, 0.5) is 10.5 Å². The van der Waals surface area contributed by atoms with Crippen molar-refractivity contribution in [3.05, 3.63) is 66.2 Å². The average molecular weight is 364 g/mol. The number of anilines is 1. The molecular formula is C22H28N4O. The third kappa shape index (κ3) is 4.42. The molecule has 2 aromatic rings. The van der Waals surface area contributed by atoms with Gasteiger partial charge in [-0.2, -0.15) is 0 Å². The summed E-state index contributed by atoms with van der Waals surface area (Å²) in [7, 11) is 0. The van der Waals surface area contributed by atoms with Crippen molar-refractivity contribution in [2.45, 2.75) is 6.54 Å². The quantitative estimate of drug-likeness (QED) is 0.839. The van der Waals surface area contributed by atoms with Crippen molar-refractivity contribution in [1.29, 1.82) is 0 Å². The zero-order chi connectivity index (χ0) is 18.5. The maximum atomic E-state index is 12.9. The topological polar surface area (TPSA) is 30.0 Å². The van der Waals surface area contributed by atoms with E-state index in [2.05, 4.69) is 64.4 Å². The number of amides is 2. The normalized spacial score (nSPS) is 18.6. The second-order valence-electron chi connectivity index (χ2n) is 7.34. The second-order valence-corrected chi connectivity index (χ2v) is 7.34. The number of hydrogen-bond donors (Lipinski definition) is 0. The van der Waals surface area contributed by atoms with Crippen LogP contribution in [0.1, 0.15) is 5.56 Å². The summed E-state index contributed by atoms with van der Waals surface area (Å²) >= 11 is 0. The Hall–Kier alpha value is -2.53. The molecule has 2 heterocycles. The van der Waals surface area contributed by atoms with Crippen molar-refractivity contribution in [2.24, 2.45) is 0 Å². The van der Waals surface area contributed by atoms with Crippen LogP contribution in [0.5, 0.6) is 0 Å². The minimum atomic E-state index is 0.210. The van der Waals surface area contributed by atoms with E-state index in [1.807, 2.05) is 15.9 Å². The van der Waals surface area contributed by atoms with Gasteiger partial charge in [-0.3, -0.25) is 4.90 Å². The first-order valence-electron chi connectivity index (χ1n) is 9.90. The number of para-hydroxylation sites is 1. The van der Waals surface area contributed by atoms with Crippen molar-refractivity contribution in [2.75, 3.05) is 57.3 Å². The van der Waals surface area contributed by atoms with Crippen LogP contribution in [0, 0.1) is 0 Å². The van der Waals surface area contributed by atoms with Crippen molar-refractivity contribution in [3.8, 4) is 0 Å². The van der Waals surface area contributed by atoms with Crippen molar-refractivity contribution in [3.63, 3.8) is 0 Å².